The van der Waals surface area contributed by atoms with Crippen molar-refractivity contribution >= 4 is 53.2 Å². The van der Waals surface area contributed by atoms with Gasteiger partial charge in [0, 0.05) is 17.5 Å². The predicted octanol–water partition coefficient (Wildman–Crippen LogP) is 0.257. The number of ketones is 1. The Morgan fingerprint density at radius 3 is 1.38 bits per heavy atom. The van der Waals surface area contributed by atoms with Gasteiger partial charge in [0.1, 0.15) is 40.3 Å². The average molecular weight is 777 g/mol. The highest BCUT2D eigenvalue weighted by Gasteiger charge is 2.40. The molecule has 0 aromatic heterocycles. The van der Waals surface area contributed by atoms with Gasteiger partial charge in [-0.25, -0.2) is 4.79 Å². The lowest BCUT2D eigenvalue weighted by Gasteiger charge is -2.32. The van der Waals surface area contributed by atoms with Crippen molar-refractivity contribution < 1.29 is 43.2 Å². The maximum atomic E-state index is 13.9. The SMILES string of the molecule is CC1NC(=O)C(C)(C)NC(=O)NC(=O)C(C)(C)NC(=O)C(Cc2ccc(C(=O)c3ccccc3)cc2)NC(=O)C(C)(C)NC(=O)C(C)NC(=O)C(C)(C)NC1=O. The first-order valence-electron chi connectivity index (χ1n) is 18.0. The molecule has 1 aliphatic rings. The van der Waals surface area contributed by atoms with Gasteiger partial charge in [-0.3, -0.25) is 43.7 Å². The molecule has 1 saturated heterocycles. The van der Waals surface area contributed by atoms with Crippen LogP contribution in [0.25, 0.3) is 0 Å². The smallest absolute Gasteiger partial charge is 0.322 e. The number of amides is 9. The van der Waals surface area contributed by atoms with Crippen molar-refractivity contribution in [1.29, 1.82) is 0 Å². The summed E-state index contributed by atoms with van der Waals surface area (Å²) in [5, 5.41) is 19.7. The van der Waals surface area contributed by atoms with Gasteiger partial charge >= 0.3 is 6.03 Å². The number of hydrogen-bond donors (Lipinski definition) is 8. The molecular weight excluding hydrogens is 724 g/mol. The summed E-state index contributed by atoms with van der Waals surface area (Å²) in [5.41, 5.74) is -5.28. The minimum absolute atomic E-state index is 0.130. The van der Waals surface area contributed by atoms with Crippen LogP contribution in [0.15, 0.2) is 54.6 Å². The summed E-state index contributed by atoms with van der Waals surface area (Å²) < 4.78 is 0. The molecule has 0 spiro atoms. The fraction of sp³-hybridized carbons (Fsp3) is 0.462. The van der Waals surface area contributed by atoms with Crippen LogP contribution in [0.4, 0.5) is 4.79 Å². The van der Waals surface area contributed by atoms with Gasteiger partial charge in [-0.2, -0.15) is 0 Å². The molecule has 9 amide bonds. The van der Waals surface area contributed by atoms with Crippen LogP contribution in [-0.2, 0) is 40.0 Å². The summed E-state index contributed by atoms with van der Waals surface area (Å²) in [6.45, 7) is 13.5. The lowest BCUT2D eigenvalue weighted by Crippen LogP contribution is -2.65. The van der Waals surface area contributed by atoms with Crippen molar-refractivity contribution in [1.82, 2.24) is 42.5 Å². The summed E-state index contributed by atoms with van der Waals surface area (Å²) in [5.74, 6) is -5.92. The molecule has 0 aliphatic carbocycles. The van der Waals surface area contributed by atoms with E-state index < -0.39 is 87.7 Å². The maximum Gasteiger partial charge on any atom is 0.322 e. The molecule has 0 saturated carbocycles. The van der Waals surface area contributed by atoms with E-state index in [1.165, 1.54) is 69.2 Å². The van der Waals surface area contributed by atoms with Crippen LogP contribution in [0.2, 0.25) is 0 Å². The number of nitrogens with one attached hydrogen (secondary N) is 8. The number of benzene rings is 2. The Hall–Kier alpha value is -6.13. The second-order valence-corrected chi connectivity index (χ2v) is 15.9. The van der Waals surface area contributed by atoms with Crippen molar-refractivity contribution in [3.8, 4) is 0 Å². The molecular formula is C39H52N8O9. The largest absolute Gasteiger partial charge is 0.343 e. The van der Waals surface area contributed by atoms with Crippen molar-refractivity contribution in [3.05, 3.63) is 71.3 Å². The summed E-state index contributed by atoms with van der Waals surface area (Å²) in [6.07, 6.45) is -0.130. The van der Waals surface area contributed by atoms with Crippen molar-refractivity contribution in [2.75, 3.05) is 0 Å². The zero-order valence-electron chi connectivity index (χ0n) is 33.3. The number of imide groups is 1. The molecule has 3 atom stereocenters. The van der Waals surface area contributed by atoms with E-state index >= 15 is 0 Å². The first-order valence-corrected chi connectivity index (χ1v) is 18.0. The first-order chi connectivity index (χ1) is 25.8. The minimum Gasteiger partial charge on any atom is -0.343 e. The fourth-order valence-electron chi connectivity index (χ4n) is 5.25. The standard InChI is InChI=1S/C39H52N8O9/c1-21-29(50)45-37(5,6)33(54)42-26(20-23-16-18-25(19-17-23)27(48)24-14-12-11-13-15-24)30(51)46-38(7,8)34(55)43-35(56)47-39(9,10)32(53)41-22(2)28(49)44-36(3,4)31(52)40-21/h11-19,21-22,26H,20H2,1-10H3,(H,40,52)(H,41,53)(H,42,54)(H,44,49)(H,45,50)(H,46,51)(H2,43,47,55,56). The Morgan fingerprint density at radius 1 is 0.500 bits per heavy atom. The number of carbonyl (C=O) groups is 9. The normalized spacial score (nSPS) is 23.7. The van der Waals surface area contributed by atoms with Crippen LogP contribution in [-0.4, -0.2) is 93.4 Å². The summed E-state index contributed by atoms with van der Waals surface area (Å²) in [7, 11) is 0. The highest BCUT2D eigenvalue weighted by Crippen LogP contribution is 2.15. The molecule has 56 heavy (non-hydrogen) atoms. The molecule has 302 valence electrons. The molecule has 0 bridgehead atoms. The minimum atomic E-state index is -1.76. The van der Waals surface area contributed by atoms with E-state index in [0.29, 0.717) is 16.7 Å². The number of carbonyl (C=O) groups excluding carboxylic acids is 9. The summed E-state index contributed by atoms with van der Waals surface area (Å²) in [4.78, 5) is 119. The number of hydrogen-bond acceptors (Lipinski definition) is 9. The molecule has 17 heteroatoms. The second kappa shape index (κ2) is 17.1. The molecule has 1 heterocycles. The molecule has 3 unspecified atom stereocenters. The molecule has 3 rings (SSSR count). The van der Waals surface area contributed by atoms with E-state index in [-0.39, 0.29) is 12.2 Å². The zero-order valence-corrected chi connectivity index (χ0v) is 33.3. The van der Waals surface area contributed by atoms with Crippen LogP contribution in [0.1, 0.15) is 90.7 Å². The Labute approximate surface area is 325 Å². The van der Waals surface area contributed by atoms with Gasteiger partial charge in [-0.05, 0) is 74.8 Å². The topological polar surface area (TPSA) is 250 Å². The quantitative estimate of drug-likeness (QED) is 0.198. The lowest BCUT2D eigenvalue weighted by atomic mass is 9.97. The third-order valence-corrected chi connectivity index (χ3v) is 9.03. The maximum absolute atomic E-state index is 13.9. The van der Waals surface area contributed by atoms with Gasteiger partial charge in [-0.1, -0.05) is 54.6 Å². The van der Waals surface area contributed by atoms with E-state index in [0.717, 1.165) is 0 Å². The average Bonchev–Trinajstić information content (AvgIpc) is 3.10. The van der Waals surface area contributed by atoms with Gasteiger partial charge in [0.25, 0.3) is 5.91 Å². The van der Waals surface area contributed by atoms with Crippen LogP contribution in [0.3, 0.4) is 0 Å². The molecule has 1 fully saturated rings. The summed E-state index contributed by atoms with van der Waals surface area (Å²) >= 11 is 0. The van der Waals surface area contributed by atoms with Crippen LogP contribution in [0.5, 0.6) is 0 Å². The van der Waals surface area contributed by atoms with Crippen molar-refractivity contribution in [2.45, 2.75) is 116 Å². The number of rotatable bonds is 4. The van der Waals surface area contributed by atoms with Gasteiger partial charge in [0.2, 0.25) is 35.4 Å². The Bertz CT molecular complexity index is 1890. The van der Waals surface area contributed by atoms with E-state index in [2.05, 4.69) is 42.5 Å². The van der Waals surface area contributed by atoms with Gasteiger partial charge < -0.3 is 37.2 Å². The van der Waals surface area contributed by atoms with Crippen LogP contribution in [0, 0.1) is 0 Å². The van der Waals surface area contributed by atoms with Gasteiger partial charge in [0.15, 0.2) is 5.78 Å². The van der Waals surface area contributed by atoms with Crippen LogP contribution >= 0.6 is 0 Å². The third kappa shape index (κ3) is 11.4. The highest BCUT2D eigenvalue weighted by molar-refractivity contribution is 6.09. The Balaban J connectivity index is 1.97. The van der Waals surface area contributed by atoms with E-state index in [1.807, 2.05) is 0 Å². The van der Waals surface area contributed by atoms with Gasteiger partial charge in [0.05, 0.1) is 0 Å². The van der Waals surface area contributed by atoms with E-state index in [1.54, 1.807) is 54.6 Å². The molecule has 2 aromatic carbocycles. The highest BCUT2D eigenvalue weighted by atomic mass is 16.2. The zero-order chi connectivity index (χ0) is 42.4. The third-order valence-electron chi connectivity index (χ3n) is 9.03. The van der Waals surface area contributed by atoms with Crippen molar-refractivity contribution in [3.63, 3.8) is 0 Å². The Kier molecular flexibility index (Phi) is 13.5. The lowest BCUT2D eigenvalue weighted by molar-refractivity contribution is -0.138. The molecule has 8 N–H and O–H groups in total. The van der Waals surface area contributed by atoms with E-state index in [9.17, 15) is 43.2 Å². The van der Waals surface area contributed by atoms with E-state index in [4.69, 9.17) is 0 Å². The van der Waals surface area contributed by atoms with Crippen molar-refractivity contribution in [2.24, 2.45) is 0 Å². The summed E-state index contributed by atoms with van der Waals surface area (Å²) in [6, 6.07) is 10.2. The number of urea groups is 1. The van der Waals surface area contributed by atoms with Gasteiger partial charge in [-0.15, -0.1) is 0 Å². The molecule has 17 nitrogen and oxygen atoms in total. The fourth-order valence-corrected chi connectivity index (χ4v) is 5.25. The molecule has 2 aromatic rings. The second-order valence-electron chi connectivity index (χ2n) is 15.9. The predicted molar refractivity (Wildman–Crippen MR) is 205 cm³/mol. The van der Waals surface area contributed by atoms with Crippen LogP contribution < -0.4 is 42.5 Å². The first kappa shape index (κ1) is 44.3. The monoisotopic (exact) mass is 776 g/mol. The molecule has 1 aliphatic heterocycles. The Morgan fingerprint density at radius 2 is 0.893 bits per heavy atom. The molecule has 0 radical (unpaired) electrons.